The number of carbonyl (C=O) groups is 2. The molecule has 1 amide bonds. The topological polar surface area (TPSA) is 152 Å². The molecule has 1 aliphatic heterocycles. The number of benzene rings is 2. The van der Waals surface area contributed by atoms with Gasteiger partial charge in [-0.15, -0.1) is 0 Å². The maximum atomic E-state index is 12.8. The number of methoxy groups -OCH3 is 2. The zero-order valence-electron chi connectivity index (χ0n) is 17.0. The number of hydrazone groups is 1. The van der Waals surface area contributed by atoms with Gasteiger partial charge in [0.2, 0.25) is 0 Å². The molecule has 170 valence electrons. The van der Waals surface area contributed by atoms with E-state index >= 15 is 0 Å². The highest BCUT2D eigenvalue weighted by Gasteiger charge is 2.33. The van der Waals surface area contributed by atoms with Crippen molar-refractivity contribution in [2.75, 3.05) is 14.2 Å². The second kappa shape index (κ2) is 9.67. The smallest absolute Gasteiger partial charge is 0.340 e. The van der Waals surface area contributed by atoms with Crippen molar-refractivity contribution in [1.82, 2.24) is 5.01 Å². The number of carbonyl (C=O) groups excluding carboxylic acids is 1. The third-order valence-corrected chi connectivity index (χ3v) is 5.67. The van der Waals surface area contributed by atoms with Gasteiger partial charge < -0.3 is 19.7 Å². The third kappa shape index (κ3) is 4.78. The second-order valence-corrected chi connectivity index (χ2v) is 7.98. The van der Waals surface area contributed by atoms with Gasteiger partial charge in [-0.1, -0.05) is 17.8 Å². The molecule has 3 rings (SSSR count). The number of carboxylic acid groups (broad SMARTS) is 1. The van der Waals surface area contributed by atoms with Crippen molar-refractivity contribution in [3.05, 3.63) is 62.0 Å². The number of phenolic OH excluding ortho intramolecular Hbond substituents is 1. The zero-order valence-corrected chi connectivity index (χ0v) is 18.7. The van der Waals surface area contributed by atoms with Crippen LogP contribution in [-0.4, -0.2) is 56.8 Å². The summed E-state index contributed by atoms with van der Waals surface area (Å²) in [6, 6.07) is 6.31. The van der Waals surface area contributed by atoms with Crippen LogP contribution in [0.4, 0.5) is 5.69 Å². The quantitative estimate of drug-likeness (QED) is 0.195. The van der Waals surface area contributed by atoms with Gasteiger partial charge in [0, 0.05) is 17.7 Å². The van der Waals surface area contributed by atoms with E-state index in [2.05, 4.69) is 5.10 Å². The fraction of sp³-hybridized carbons (Fsp3) is 0.100. The van der Waals surface area contributed by atoms with E-state index in [9.17, 15) is 29.9 Å². The summed E-state index contributed by atoms with van der Waals surface area (Å²) in [5.74, 6) is -2.00. The number of rotatable bonds is 7. The highest BCUT2D eigenvalue weighted by Crippen LogP contribution is 2.38. The third-order valence-electron chi connectivity index (χ3n) is 4.39. The van der Waals surface area contributed by atoms with E-state index in [1.807, 2.05) is 0 Å². The summed E-state index contributed by atoms with van der Waals surface area (Å²) in [7, 11) is 2.66. The van der Waals surface area contributed by atoms with E-state index < -0.39 is 16.8 Å². The van der Waals surface area contributed by atoms with Crippen molar-refractivity contribution in [3.63, 3.8) is 0 Å². The number of thioether (sulfide) groups is 1. The fourth-order valence-corrected chi connectivity index (χ4v) is 4.03. The lowest BCUT2D eigenvalue weighted by Crippen LogP contribution is -2.22. The molecular weight excluding hydrogens is 474 g/mol. The molecule has 0 atom stereocenters. The lowest BCUT2D eigenvalue weighted by molar-refractivity contribution is -0.384. The Morgan fingerprint density at radius 2 is 1.97 bits per heavy atom. The first-order chi connectivity index (χ1) is 15.7. The molecular formula is C20H15N3O8S2. The Morgan fingerprint density at radius 3 is 2.58 bits per heavy atom. The van der Waals surface area contributed by atoms with Crippen molar-refractivity contribution in [2.45, 2.75) is 0 Å². The van der Waals surface area contributed by atoms with Crippen molar-refractivity contribution in [2.24, 2.45) is 5.10 Å². The Kier molecular flexibility index (Phi) is 6.94. The molecule has 0 unspecified atom stereocenters. The first kappa shape index (κ1) is 23.7. The number of carboxylic acids is 1. The number of phenols is 1. The van der Waals surface area contributed by atoms with Crippen LogP contribution < -0.4 is 9.47 Å². The molecule has 2 aromatic carbocycles. The summed E-state index contributed by atoms with van der Waals surface area (Å²) in [6.07, 6.45) is 2.40. The highest BCUT2D eigenvalue weighted by molar-refractivity contribution is 8.26. The summed E-state index contributed by atoms with van der Waals surface area (Å²) in [6.45, 7) is 0. The van der Waals surface area contributed by atoms with E-state index in [-0.39, 0.29) is 48.9 Å². The molecule has 33 heavy (non-hydrogen) atoms. The van der Waals surface area contributed by atoms with E-state index in [0.29, 0.717) is 0 Å². The van der Waals surface area contributed by atoms with Crippen LogP contribution >= 0.6 is 24.0 Å². The van der Waals surface area contributed by atoms with Gasteiger partial charge in [0.1, 0.15) is 11.3 Å². The van der Waals surface area contributed by atoms with Gasteiger partial charge in [-0.05, 0) is 36.0 Å². The number of nitrogens with zero attached hydrogens (tertiary/aromatic N) is 3. The van der Waals surface area contributed by atoms with Crippen LogP contribution in [0.3, 0.4) is 0 Å². The van der Waals surface area contributed by atoms with Crippen LogP contribution in [0.2, 0.25) is 0 Å². The standard InChI is InChI=1S/C20H15N3O8S2/c1-30-14-6-3-10(16(19(26)27)17(14)31-2)8-15-18(25)22(20(32)33-15)21-9-11-7-12(23(28)29)4-5-13(11)24/h3-9,24H,1-2H3,(H,26,27)/b15-8+,21-9+. The molecule has 0 aliphatic carbocycles. The summed E-state index contributed by atoms with van der Waals surface area (Å²) < 4.78 is 10.3. The Hall–Kier alpha value is -3.97. The average molecular weight is 489 g/mol. The zero-order chi connectivity index (χ0) is 24.3. The minimum Gasteiger partial charge on any atom is -0.507 e. The number of nitro benzene ring substituents is 1. The van der Waals surface area contributed by atoms with Gasteiger partial charge in [-0.3, -0.25) is 14.9 Å². The monoisotopic (exact) mass is 489 g/mol. The SMILES string of the molecule is COc1ccc(/C=C2/SC(=S)N(/N=C/c3cc([N+](=O)[O-])ccc3O)C2=O)c(C(=O)O)c1OC. The lowest BCUT2D eigenvalue weighted by Gasteiger charge is -2.12. The Morgan fingerprint density at radius 1 is 1.24 bits per heavy atom. The van der Waals surface area contributed by atoms with E-state index in [1.165, 1.54) is 32.4 Å². The maximum absolute atomic E-state index is 12.8. The van der Waals surface area contributed by atoms with Gasteiger partial charge in [0.15, 0.2) is 15.8 Å². The predicted octanol–water partition coefficient (Wildman–Crippen LogP) is 3.25. The predicted molar refractivity (Wildman–Crippen MR) is 124 cm³/mol. The second-order valence-electron chi connectivity index (χ2n) is 6.31. The van der Waals surface area contributed by atoms with Gasteiger partial charge in [0.05, 0.1) is 30.3 Å². The molecule has 1 aliphatic rings. The Balaban J connectivity index is 1.96. The molecule has 2 N–H and O–H groups in total. The van der Waals surface area contributed by atoms with Gasteiger partial charge in [-0.25, -0.2) is 4.79 Å². The normalized spacial score (nSPS) is 14.8. The summed E-state index contributed by atoms with van der Waals surface area (Å²) in [5, 5.41) is 35.3. The molecule has 0 radical (unpaired) electrons. The number of hydrogen-bond donors (Lipinski definition) is 2. The molecule has 11 nitrogen and oxygen atoms in total. The Bertz CT molecular complexity index is 1240. The molecule has 1 fully saturated rings. The molecule has 1 saturated heterocycles. The van der Waals surface area contributed by atoms with Crippen molar-refractivity contribution in [3.8, 4) is 17.2 Å². The molecule has 13 heteroatoms. The molecule has 0 aromatic heterocycles. The summed E-state index contributed by atoms with van der Waals surface area (Å²) >= 11 is 6.07. The van der Waals surface area contributed by atoms with E-state index in [4.69, 9.17) is 21.7 Å². The molecule has 0 spiro atoms. The van der Waals surface area contributed by atoms with E-state index in [0.717, 1.165) is 41.2 Å². The molecule has 1 heterocycles. The van der Waals surface area contributed by atoms with Crippen molar-refractivity contribution in [1.29, 1.82) is 0 Å². The average Bonchev–Trinajstić information content (AvgIpc) is 3.04. The largest absolute Gasteiger partial charge is 0.507 e. The van der Waals surface area contributed by atoms with Crippen LogP contribution in [0.15, 0.2) is 40.3 Å². The molecule has 0 saturated carbocycles. The van der Waals surface area contributed by atoms with Crippen LogP contribution in [-0.2, 0) is 4.79 Å². The summed E-state index contributed by atoms with van der Waals surface area (Å²) in [5.41, 5.74) is -0.280. The lowest BCUT2D eigenvalue weighted by atomic mass is 10.0. The van der Waals surface area contributed by atoms with Gasteiger partial charge >= 0.3 is 5.97 Å². The number of hydrogen-bond acceptors (Lipinski definition) is 10. The van der Waals surface area contributed by atoms with Crippen molar-refractivity contribution < 1.29 is 34.2 Å². The number of aromatic hydroxyl groups is 1. The first-order valence-corrected chi connectivity index (χ1v) is 10.2. The number of non-ortho nitro benzene ring substituents is 1. The minimum atomic E-state index is -1.29. The Labute approximate surface area is 196 Å². The van der Waals surface area contributed by atoms with Crippen LogP contribution in [0.1, 0.15) is 21.5 Å². The van der Waals surface area contributed by atoms with E-state index in [1.54, 1.807) is 0 Å². The van der Waals surface area contributed by atoms with Gasteiger partial charge in [-0.2, -0.15) is 10.1 Å². The number of thiocarbonyl (C=S) groups is 1. The minimum absolute atomic E-state index is 0.00611. The van der Waals surface area contributed by atoms with Gasteiger partial charge in [0.25, 0.3) is 11.6 Å². The number of nitro groups is 1. The number of aromatic carboxylic acids is 1. The summed E-state index contributed by atoms with van der Waals surface area (Å²) in [4.78, 5) is 35.0. The van der Waals surface area contributed by atoms with Crippen LogP contribution in [0.5, 0.6) is 17.2 Å². The fourth-order valence-electron chi connectivity index (χ4n) is 2.86. The molecule has 2 aromatic rings. The number of amides is 1. The number of ether oxygens (including phenoxy) is 2. The van der Waals surface area contributed by atoms with Crippen LogP contribution in [0.25, 0.3) is 6.08 Å². The van der Waals surface area contributed by atoms with Crippen LogP contribution in [0, 0.1) is 10.1 Å². The molecule has 0 bridgehead atoms. The first-order valence-electron chi connectivity index (χ1n) is 8.95. The maximum Gasteiger partial charge on any atom is 0.340 e. The van der Waals surface area contributed by atoms with Crippen molar-refractivity contribution >= 4 is 58.2 Å². The highest BCUT2D eigenvalue weighted by atomic mass is 32.2.